The Morgan fingerprint density at radius 1 is 1.50 bits per heavy atom. The number of nitrogens with zero attached hydrogens (tertiary/aromatic N) is 1. The molecule has 0 saturated carbocycles. The second kappa shape index (κ2) is 7.14. The van der Waals surface area contributed by atoms with E-state index in [4.69, 9.17) is 18.0 Å². The van der Waals surface area contributed by atoms with Crippen LogP contribution in [0.3, 0.4) is 0 Å². The van der Waals surface area contributed by atoms with Crippen LogP contribution in [0.25, 0.3) is 0 Å². The van der Waals surface area contributed by atoms with Crippen molar-refractivity contribution in [2.45, 2.75) is 13.5 Å². The monoisotopic (exact) mass is 302 g/mol. The molecule has 1 atom stereocenters. The summed E-state index contributed by atoms with van der Waals surface area (Å²) < 4.78 is 28.5. The molecule has 4 nitrogen and oxygen atoms in total. The van der Waals surface area contributed by atoms with Crippen molar-refractivity contribution in [3.05, 3.63) is 29.8 Å². The van der Waals surface area contributed by atoms with Gasteiger partial charge in [0, 0.05) is 25.1 Å². The van der Waals surface area contributed by atoms with Gasteiger partial charge in [-0.15, -0.1) is 0 Å². The maximum Gasteiger partial charge on any atom is 0.387 e. The maximum atomic E-state index is 12.1. The molecule has 0 aliphatic carbocycles. The number of carbonyl (C=O) groups is 1. The fourth-order valence-corrected chi connectivity index (χ4v) is 1.68. The minimum Gasteiger partial charge on any atom is -0.435 e. The largest absolute Gasteiger partial charge is 0.435 e. The molecule has 0 aromatic heterocycles. The molecule has 0 aliphatic heterocycles. The van der Waals surface area contributed by atoms with E-state index >= 15 is 0 Å². The Morgan fingerprint density at radius 2 is 2.15 bits per heavy atom. The van der Waals surface area contributed by atoms with Crippen molar-refractivity contribution in [3.63, 3.8) is 0 Å². The summed E-state index contributed by atoms with van der Waals surface area (Å²) in [6, 6.07) is 5.65. The van der Waals surface area contributed by atoms with Gasteiger partial charge in [0.2, 0.25) is 0 Å². The molecule has 0 heterocycles. The van der Waals surface area contributed by atoms with Gasteiger partial charge < -0.3 is 15.4 Å². The predicted molar refractivity (Wildman–Crippen MR) is 76.0 cm³/mol. The Bertz CT molecular complexity index is 497. The van der Waals surface area contributed by atoms with Crippen LogP contribution in [-0.4, -0.2) is 36.0 Å². The number of amides is 1. The number of ether oxygens (including phenoxy) is 1. The third-order valence-corrected chi connectivity index (χ3v) is 3.09. The lowest BCUT2D eigenvalue weighted by atomic mass is 10.1. The minimum absolute atomic E-state index is 0.0540. The molecule has 0 spiro atoms. The molecule has 2 N–H and O–H groups in total. The van der Waals surface area contributed by atoms with Crippen molar-refractivity contribution in [1.29, 1.82) is 0 Å². The fraction of sp³-hybridized carbons (Fsp3) is 0.385. The topological polar surface area (TPSA) is 55.6 Å². The highest BCUT2D eigenvalue weighted by Gasteiger charge is 2.16. The van der Waals surface area contributed by atoms with Crippen LogP contribution in [0, 0.1) is 5.92 Å². The van der Waals surface area contributed by atoms with Gasteiger partial charge in [-0.25, -0.2) is 0 Å². The molecule has 110 valence electrons. The summed E-state index contributed by atoms with van der Waals surface area (Å²) in [5, 5.41) is 0. The lowest BCUT2D eigenvalue weighted by Gasteiger charge is -2.21. The molecule has 1 amide bonds. The summed E-state index contributed by atoms with van der Waals surface area (Å²) >= 11 is 4.84. The summed E-state index contributed by atoms with van der Waals surface area (Å²) in [5.41, 5.74) is 5.76. The quantitative estimate of drug-likeness (QED) is 0.819. The number of benzene rings is 1. The molecule has 0 radical (unpaired) electrons. The second-order valence-corrected chi connectivity index (χ2v) is 4.87. The Balaban J connectivity index is 2.78. The van der Waals surface area contributed by atoms with Crippen LogP contribution < -0.4 is 10.5 Å². The van der Waals surface area contributed by atoms with Crippen molar-refractivity contribution in [3.8, 4) is 5.75 Å². The van der Waals surface area contributed by atoms with Crippen LogP contribution in [0.1, 0.15) is 17.3 Å². The molecule has 0 aliphatic rings. The molecular formula is C13H16F2N2O2S. The number of nitrogens with two attached hydrogens (primary N) is 1. The lowest BCUT2D eigenvalue weighted by molar-refractivity contribution is -0.0499. The molecule has 1 aromatic rings. The number of hydrogen-bond acceptors (Lipinski definition) is 3. The van der Waals surface area contributed by atoms with Gasteiger partial charge in [-0.3, -0.25) is 4.79 Å². The smallest absolute Gasteiger partial charge is 0.387 e. The van der Waals surface area contributed by atoms with Crippen LogP contribution in [0.4, 0.5) is 8.78 Å². The average molecular weight is 302 g/mol. The van der Waals surface area contributed by atoms with E-state index < -0.39 is 6.61 Å². The first-order valence-electron chi connectivity index (χ1n) is 5.91. The molecule has 0 saturated heterocycles. The van der Waals surface area contributed by atoms with Gasteiger partial charge in [-0.05, 0) is 18.2 Å². The first kappa shape index (κ1) is 16.3. The summed E-state index contributed by atoms with van der Waals surface area (Å²) in [5.74, 6) is -0.492. The van der Waals surface area contributed by atoms with Crippen molar-refractivity contribution < 1.29 is 18.3 Å². The Kier molecular flexibility index (Phi) is 5.82. The van der Waals surface area contributed by atoms with Crippen LogP contribution >= 0.6 is 12.2 Å². The highest BCUT2D eigenvalue weighted by atomic mass is 32.1. The number of rotatable bonds is 6. The zero-order chi connectivity index (χ0) is 15.3. The van der Waals surface area contributed by atoms with Gasteiger partial charge >= 0.3 is 6.61 Å². The van der Waals surface area contributed by atoms with E-state index in [9.17, 15) is 13.6 Å². The molecule has 1 rings (SSSR count). The van der Waals surface area contributed by atoms with Gasteiger partial charge in [-0.1, -0.05) is 25.2 Å². The van der Waals surface area contributed by atoms with E-state index in [2.05, 4.69) is 4.74 Å². The first-order chi connectivity index (χ1) is 9.31. The fourth-order valence-electron chi connectivity index (χ4n) is 1.61. The summed E-state index contributed by atoms with van der Waals surface area (Å²) in [6.07, 6.45) is 0. The third kappa shape index (κ3) is 4.73. The molecule has 0 fully saturated rings. The summed E-state index contributed by atoms with van der Waals surface area (Å²) in [6.45, 7) is -0.760. The standard InChI is InChI=1S/C13H16F2N2O2S/c1-8(11(16)20)7-17(2)12(18)9-4-3-5-10(6-9)19-13(14)15/h3-6,8,13H,7H2,1-2H3,(H2,16,20). The summed E-state index contributed by atoms with van der Waals surface area (Å²) in [7, 11) is 1.59. The molecule has 1 aromatic carbocycles. The van der Waals surface area contributed by atoms with Crippen molar-refractivity contribution >= 4 is 23.1 Å². The van der Waals surface area contributed by atoms with Gasteiger partial charge in [0.05, 0.1) is 4.99 Å². The number of halogens is 2. The highest BCUT2D eigenvalue weighted by Crippen LogP contribution is 2.17. The van der Waals surface area contributed by atoms with E-state index in [1.807, 2.05) is 6.92 Å². The normalized spacial score (nSPS) is 12.1. The minimum atomic E-state index is -2.92. The molecule has 7 heteroatoms. The summed E-state index contributed by atoms with van der Waals surface area (Å²) in [4.78, 5) is 13.9. The Morgan fingerprint density at radius 3 is 2.70 bits per heavy atom. The Labute approximate surface area is 121 Å². The molecule has 1 unspecified atom stereocenters. The van der Waals surface area contributed by atoms with Crippen LogP contribution in [0.2, 0.25) is 0 Å². The van der Waals surface area contributed by atoms with Crippen molar-refractivity contribution in [1.82, 2.24) is 4.90 Å². The van der Waals surface area contributed by atoms with E-state index in [-0.39, 0.29) is 23.1 Å². The number of carbonyl (C=O) groups excluding carboxylic acids is 1. The van der Waals surface area contributed by atoms with E-state index in [1.165, 1.54) is 29.2 Å². The van der Waals surface area contributed by atoms with Gasteiger partial charge in [0.1, 0.15) is 5.75 Å². The van der Waals surface area contributed by atoms with Gasteiger partial charge in [0.15, 0.2) is 0 Å². The van der Waals surface area contributed by atoms with Crippen LogP contribution in [0.5, 0.6) is 5.75 Å². The zero-order valence-corrected chi connectivity index (χ0v) is 12.0. The van der Waals surface area contributed by atoms with Crippen molar-refractivity contribution in [2.75, 3.05) is 13.6 Å². The van der Waals surface area contributed by atoms with Gasteiger partial charge in [0.25, 0.3) is 5.91 Å². The van der Waals surface area contributed by atoms with E-state index in [0.717, 1.165) is 0 Å². The maximum absolute atomic E-state index is 12.1. The van der Waals surface area contributed by atoms with Crippen molar-refractivity contribution in [2.24, 2.45) is 11.7 Å². The zero-order valence-electron chi connectivity index (χ0n) is 11.2. The number of hydrogen-bond donors (Lipinski definition) is 1. The van der Waals surface area contributed by atoms with Crippen LogP contribution in [-0.2, 0) is 0 Å². The Hall–Kier alpha value is -1.76. The molecule has 20 heavy (non-hydrogen) atoms. The molecular weight excluding hydrogens is 286 g/mol. The highest BCUT2D eigenvalue weighted by molar-refractivity contribution is 7.80. The second-order valence-electron chi connectivity index (χ2n) is 4.40. The van der Waals surface area contributed by atoms with Crippen LogP contribution in [0.15, 0.2) is 24.3 Å². The predicted octanol–water partition coefficient (Wildman–Crippen LogP) is 2.28. The number of thiocarbonyl (C=S) groups is 1. The average Bonchev–Trinajstić information content (AvgIpc) is 2.37. The third-order valence-electron chi connectivity index (χ3n) is 2.69. The van der Waals surface area contributed by atoms with Gasteiger partial charge in [-0.2, -0.15) is 8.78 Å². The van der Waals surface area contributed by atoms with E-state index in [0.29, 0.717) is 11.5 Å². The SMILES string of the molecule is CC(CN(C)C(=O)c1cccc(OC(F)F)c1)C(N)=S. The lowest BCUT2D eigenvalue weighted by Crippen LogP contribution is -2.35. The first-order valence-corrected chi connectivity index (χ1v) is 6.31. The van der Waals surface area contributed by atoms with E-state index in [1.54, 1.807) is 7.05 Å². The molecule has 0 bridgehead atoms. The number of alkyl halides is 2.